The molecule has 0 radical (unpaired) electrons. The van der Waals surface area contributed by atoms with Crippen LogP contribution >= 0.6 is 0 Å². The van der Waals surface area contributed by atoms with Crippen LogP contribution in [-0.4, -0.2) is 43.5 Å². The van der Waals surface area contributed by atoms with Crippen LogP contribution in [0.25, 0.3) is 0 Å². The van der Waals surface area contributed by atoms with Crippen molar-refractivity contribution in [3.8, 4) is 0 Å². The van der Waals surface area contributed by atoms with Crippen LogP contribution in [0.5, 0.6) is 0 Å². The Morgan fingerprint density at radius 2 is 1.89 bits per heavy atom. The second-order valence-corrected chi connectivity index (χ2v) is 5.15. The van der Waals surface area contributed by atoms with E-state index in [1.165, 1.54) is 0 Å². The largest absolute Gasteiger partial charge is 0.444 e. The molecule has 1 unspecified atom stereocenters. The quantitative estimate of drug-likeness (QED) is 0.689. The van der Waals surface area contributed by atoms with Gasteiger partial charge >= 0.3 is 12.3 Å². The molecule has 8 heteroatoms. The molecule has 0 aromatic rings. The Bertz CT molecular complexity index is 277. The van der Waals surface area contributed by atoms with Gasteiger partial charge in [0.15, 0.2) is 0 Å². The normalized spacial score (nSPS) is 14.1. The van der Waals surface area contributed by atoms with Crippen molar-refractivity contribution in [1.29, 1.82) is 0 Å². The Kier molecular flexibility index (Phi) is 7.14. The number of halogens is 3. The molecular weight excluding hydrogens is 263 g/mol. The topological polar surface area (TPSA) is 76.4 Å². The van der Waals surface area contributed by atoms with Crippen molar-refractivity contribution >= 4 is 6.09 Å². The van der Waals surface area contributed by atoms with E-state index < -0.39 is 30.5 Å². The molecule has 5 nitrogen and oxygen atoms in total. The molecule has 19 heavy (non-hydrogen) atoms. The molecule has 0 aliphatic carbocycles. The molecule has 0 heterocycles. The third-order valence-corrected chi connectivity index (χ3v) is 2.04. The maximum Gasteiger partial charge on any atom is 0.407 e. The minimum Gasteiger partial charge on any atom is -0.444 e. The fourth-order valence-corrected chi connectivity index (χ4v) is 1.23. The van der Waals surface area contributed by atoms with Gasteiger partial charge in [-0.05, 0) is 27.2 Å². The molecule has 4 N–H and O–H groups in total. The molecule has 1 amide bonds. The number of alkyl carbamates (subject to hydrolysis) is 1. The van der Waals surface area contributed by atoms with E-state index in [0.29, 0.717) is 6.42 Å². The van der Waals surface area contributed by atoms with Crippen LogP contribution in [-0.2, 0) is 4.74 Å². The molecular formula is C11H22F3N3O2. The van der Waals surface area contributed by atoms with E-state index in [0.717, 1.165) is 0 Å². The average Bonchev–Trinajstić information content (AvgIpc) is 2.19. The number of nitrogens with one attached hydrogen (secondary N) is 2. The molecule has 0 saturated heterocycles. The van der Waals surface area contributed by atoms with Crippen molar-refractivity contribution in [3.05, 3.63) is 0 Å². The van der Waals surface area contributed by atoms with Gasteiger partial charge in [-0.25, -0.2) is 4.79 Å². The van der Waals surface area contributed by atoms with Crippen LogP contribution in [0, 0.1) is 0 Å². The minimum atomic E-state index is -4.27. The second kappa shape index (κ2) is 7.54. The monoisotopic (exact) mass is 285 g/mol. The number of hydrogen-bond acceptors (Lipinski definition) is 4. The predicted molar refractivity (Wildman–Crippen MR) is 65.8 cm³/mol. The molecule has 1 atom stereocenters. The first-order chi connectivity index (χ1) is 8.53. The maximum atomic E-state index is 12.0. The van der Waals surface area contributed by atoms with Gasteiger partial charge < -0.3 is 21.1 Å². The molecule has 0 fully saturated rings. The number of hydrogen-bond donors (Lipinski definition) is 3. The SMILES string of the molecule is CC(C)(C)OC(=O)NCCC(CN)NCC(F)(F)F. The first-order valence-electron chi connectivity index (χ1n) is 6.00. The molecule has 114 valence electrons. The van der Waals surface area contributed by atoms with Crippen LogP contribution in [0.3, 0.4) is 0 Å². The summed E-state index contributed by atoms with van der Waals surface area (Å²) < 4.78 is 41.0. The third kappa shape index (κ3) is 11.8. The van der Waals surface area contributed by atoms with Crippen LogP contribution in [0.2, 0.25) is 0 Å². The Morgan fingerprint density at radius 1 is 1.32 bits per heavy atom. The van der Waals surface area contributed by atoms with E-state index >= 15 is 0 Å². The standard InChI is InChI=1S/C11H22F3N3O2/c1-10(2,3)19-9(18)16-5-4-8(6-15)17-7-11(12,13)14/h8,17H,4-7,15H2,1-3H3,(H,16,18). The predicted octanol–water partition coefficient (Wildman–Crippen LogP) is 1.38. The number of ether oxygens (including phenoxy) is 1. The maximum absolute atomic E-state index is 12.0. The van der Waals surface area contributed by atoms with Gasteiger partial charge in [0.1, 0.15) is 5.60 Å². The molecule has 0 aromatic carbocycles. The molecule has 0 aliphatic rings. The van der Waals surface area contributed by atoms with Crippen LogP contribution in [0.1, 0.15) is 27.2 Å². The Hall–Kier alpha value is -1.02. The highest BCUT2D eigenvalue weighted by molar-refractivity contribution is 5.67. The van der Waals surface area contributed by atoms with Crippen LogP contribution in [0.15, 0.2) is 0 Å². The minimum absolute atomic E-state index is 0.0616. The van der Waals surface area contributed by atoms with E-state index in [9.17, 15) is 18.0 Å². The van der Waals surface area contributed by atoms with Crippen molar-refractivity contribution in [3.63, 3.8) is 0 Å². The number of nitrogens with two attached hydrogens (primary N) is 1. The number of amides is 1. The summed E-state index contributed by atoms with van der Waals surface area (Å²) in [4.78, 5) is 11.3. The number of carbonyl (C=O) groups excluding carboxylic acids is 1. The summed E-state index contributed by atoms with van der Waals surface area (Å²) in [6, 6.07) is -0.503. The first kappa shape index (κ1) is 18.0. The highest BCUT2D eigenvalue weighted by Crippen LogP contribution is 2.12. The summed E-state index contributed by atoms with van der Waals surface area (Å²) in [6.07, 6.45) is -4.57. The zero-order chi connectivity index (χ0) is 15.1. The summed E-state index contributed by atoms with van der Waals surface area (Å²) in [5.41, 5.74) is 4.74. The fourth-order valence-electron chi connectivity index (χ4n) is 1.23. The molecule has 0 aromatic heterocycles. The molecule has 0 spiro atoms. The van der Waals surface area contributed by atoms with Crippen LogP contribution < -0.4 is 16.4 Å². The van der Waals surface area contributed by atoms with Gasteiger partial charge in [-0.15, -0.1) is 0 Å². The summed E-state index contributed by atoms with van der Waals surface area (Å²) in [5, 5.41) is 4.75. The van der Waals surface area contributed by atoms with Crippen molar-refractivity contribution in [2.24, 2.45) is 5.73 Å². The summed E-state index contributed by atoms with van der Waals surface area (Å²) >= 11 is 0. The first-order valence-corrected chi connectivity index (χ1v) is 6.00. The lowest BCUT2D eigenvalue weighted by molar-refractivity contribution is -0.126. The molecule has 0 aliphatic heterocycles. The van der Waals surface area contributed by atoms with E-state index in [4.69, 9.17) is 10.5 Å². The lowest BCUT2D eigenvalue weighted by Gasteiger charge is -2.21. The summed E-state index contributed by atoms with van der Waals surface area (Å²) in [7, 11) is 0. The Labute approximate surface area is 111 Å². The Balaban J connectivity index is 3.87. The van der Waals surface area contributed by atoms with Gasteiger partial charge in [0.2, 0.25) is 0 Å². The van der Waals surface area contributed by atoms with E-state index in [1.807, 2.05) is 0 Å². The fraction of sp³-hybridized carbons (Fsp3) is 0.909. The van der Waals surface area contributed by atoms with E-state index in [2.05, 4.69) is 10.6 Å². The van der Waals surface area contributed by atoms with E-state index in [1.54, 1.807) is 20.8 Å². The van der Waals surface area contributed by atoms with Gasteiger partial charge in [0.05, 0.1) is 6.54 Å². The van der Waals surface area contributed by atoms with Crippen LogP contribution in [0.4, 0.5) is 18.0 Å². The number of rotatable bonds is 6. The third-order valence-electron chi connectivity index (χ3n) is 2.04. The second-order valence-electron chi connectivity index (χ2n) is 5.15. The van der Waals surface area contributed by atoms with Gasteiger partial charge in [0.25, 0.3) is 0 Å². The summed E-state index contributed by atoms with van der Waals surface area (Å²) in [5.74, 6) is 0. The number of carbonyl (C=O) groups is 1. The highest BCUT2D eigenvalue weighted by Gasteiger charge is 2.27. The van der Waals surface area contributed by atoms with Gasteiger partial charge in [-0.1, -0.05) is 0 Å². The smallest absolute Gasteiger partial charge is 0.407 e. The molecule has 0 saturated carbocycles. The van der Waals surface area contributed by atoms with Gasteiger partial charge in [-0.3, -0.25) is 0 Å². The van der Waals surface area contributed by atoms with Crippen molar-refractivity contribution < 1.29 is 22.7 Å². The van der Waals surface area contributed by atoms with Crippen molar-refractivity contribution in [2.75, 3.05) is 19.6 Å². The lowest BCUT2D eigenvalue weighted by Crippen LogP contribution is -2.43. The van der Waals surface area contributed by atoms with Gasteiger partial charge in [0, 0.05) is 19.1 Å². The molecule has 0 rings (SSSR count). The number of alkyl halides is 3. The highest BCUT2D eigenvalue weighted by atomic mass is 19.4. The zero-order valence-electron chi connectivity index (χ0n) is 11.4. The van der Waals surface area contributed by atoms with Gasteiger partial charge in [-0.2, -0.15) is 13.2 Å². The van der Waals surface area contributed by atoms with E-state index in [-0.39, 0.29) is 13.1 Å². The van der Waals surface area contributed by atoms with Crippen molar-refractivity contribution in [1.82, 2.24) is 10.6 Å². The summed E-state index contributed by atoms with van der Waals surface area (Å²) in [6.45, 7) is 4.33. The van der Waals surface area contributed by atoms with Crippen molar-refractivity contribution in [2.45, 2.75) is 45.0 Å². The average molecular weight is 285 g/mol. The zero-order valence-corrected chi connectivity index (χ0v) is 11.4. The molecule has 0 bridgehead atoms. The Morgan fingerprint density at radius 3 is 2.32 bits per heavy atom. The lowest BCUT2D eigenvalue weighted by atomic mass is 10.2.